The average Bonchev–Trinajstić information content (AvgIpc) is 2.52. The minimum atomic E-state index is 0.208. The zero-order valence-electron chi connectivity index (χ0n) is 15.0. The van der Waals surface area contributed by atoms with Crippen LogP contribution in [0.2, 0.25) is 0 Å². The quantitative estimate of drug-likeness (QED) is 0.580. The number of nitrogens with one attached hydrogen (secondary N) is 1. The van der Waals surface area contributed by atoms with E-state index in [-0.39, 0.29) is 12.2 Å². The lowest BCUT2D eigenvalue weighted by Gasteiger charge is -2.54. The minimum Gasteiger partial charge on any atom is -0.474 e. The molecule has 0 atom stereocenters. The number of rotatable bonds is 10. The number of nitrogens with zero attached hydrogens (tertiary/aromatic N) is 1. The summed E-state index contributed by atoms with van der Waals surface area (Å²) in [6.45, 7) is 4.94. The molecular formula is C19H27BrN2O4. The van der Waals surface area contributed by atoms with Crippen LogP contribution in [0.15, 0.2) is 22.8 Å². The van der Waals surface area contributed by atoms with Crippen molar-refractivity contribution in [2.24, 2.45) is 5.41 Å². The molecule has 0 amide bonds. The largest absolute Gasteiger partial charge is 0.474 e. The van der Waals surface area contributed by atoms with Crippen LogP contribution in [0.1, 0.15) is 25.7 Å². The Morgan fingerprint density at radius 3 is 2.35 bits per heavy atom. The third-order valence-electron chi connectivity index (χ3n) is 5.52. The molecule has 4 rings (SSSR count). The van der Waals surface area contributed by atoms with Crippen LogP contribution in [0.3, 0.4) is 0 Å². The van der Waals surface area contributed by atoms with Gasteiger partial charge in [-0.15, -0.1) is 0 Å². The minimum absolute atomic E-state index is 0.208. The number of aromatic nitrogens is 1. The monoisotopic (exact) mass is 426 g/mol. The average molecular weight is 427 g/mol. The molecule has 3 aliphatic rings. The van der Waals surface area contributed by atoms with Crippen LogP contribution in [0.25, 0.3) is 0 Å². The lowest BCUT2D eigenvalue weighted by atomic mass is 9.63. The van der Waals surface area contributed by atoms with Gasteiger partial charge in [0.25, 0.3) is 0 Å². The third-order valence-corrected chi connectivity index (χ3v) is 5.99. The second kappa shape index (κ2) is 8.52. The predicted octanol–water partition coefficient (Wildman–Crippen LogP) is 2.56. The highest BCUT2D eigenvalue weighted by Crippen LogP contribution is 2.45. The molecule has 7 heteroatoms. The molecule has 1 aromatic heterocycles. The third kappa shape index (κ3) is 4.75. The molecule has 1 spiro atoms. The summed E-state index contributed by atoms with van der Waals surface area (Å²) in [4.78, 5) is 4.22. The highest BCUT2D eigenvalue weighted by atomic mass is 79.9. The van der Waals surface area contributed by atoms with E-state index >= 15 is 0 Å². The van der Waals surface area contributed by atoms with Gasteiger partial charge < -0.3 is 24.3 Å². The molecule has 2 aliphatic carbocycles. The molecule has 1 aromatic rings. The molecule has 6 nitrogen and oxygen atoms in total. The number of hydrogen-bond donors (Lipinski definition) is 1. The van der Waals surface area contributed by atoms with Crippen molar-refractivity contribution < 1.29 is 18.9 Å². The van der Waals surface area contributed by atoms with Crippen molar-refractivity contribution in [3.05, 3.63) is 22.8 Å². The van der Waals surface area contributed by atoms with E-state index < -0.39 is 0 Å². The van der Waals surface area contributed by atoms with Crippen molar-refractivity contribution in [2.75, 3.05) is 39.5 Å². The van der Waals surface area contributed by atoms with E-state index in [1.807, 2.05) is 12.1 Å². The Labute approximate surface area is 163 Å². The first-order valence-electron chi connectivity index (χ1n) is 9.51. The van der Waals surface area contributed by atoms with E-state index in [9.17, 15) is 0 Å². The number of halogens is 1. The molecule has 0 aromatic carbocycles. The zero-order valence-corrected chi connectivity index (χ0v) is 16.6. The summed E-state index contributed by atoms with van der Waals surface area (Å²) in [5.74, 6) is 0.672. The molecule has 0 unspecified atom stereocenters. The molecule has 2 saturated carbocycles. The Hall–Kier alpha value is -0.730. The van der Waals surface area contributed by atoms with Crippen molar-refractivity contribution in [2.45, 2.75) is 44.0 Å². The predicted molar refractivity (Wildman–Crippen MR) is 100 cm³/mol. The van der Waals surface area contributed by atoms with Gasteiger partial charge in [-0.1, -0.05) is 0 Å². The SMILES string of the molecule is Brc1ccc(OC2CC(OCCOCCOC3CC4(CNC4)C3)C2)nc1. The number of hydrogen-bond acceptors (Lipinski definition) is 6. The van der Waals surface area contributed by atoms with E-state index in [4.69, 9.17) is 18.9 Å². The second-order valence-electron chi connectivity index (χ2n) is 7.64. The van der Waals surface area contributed by atoms with Crippen LogP contribution in [0.4, 0.5) is 0 Å². The highest BCUT2D eigenvalue weighted by Gasteiger charge is 2.48. The lowest BCUT2D eigenvalue weighted by Crippen LogP contribution is -2.62. The van der Waals surface area contributed by atoms with Crippen molar-refractivity contribution >= 4 is 15.9 Å². The summed E-state index contributed by atoms with van der Waals surface area (Å²) in [5.41, 5.74) is 0.580. The van der Waals surface area contributed by atoms with E-state index in [0.717, 1.165) is 17.3 Å². The van der Waals surface area contributed by atoms with Crippen molar-refractivity contribution in [1.29, 1.82) is 0 Å². The van der Waals surface area contributed by atoms with E-state index in [1.165, 1.54) is 25.9 Å². The fourth-order valence-corrected chi connectivity index (χ4v) is 4.03. The highest BCUT2D eigenvalue weighted by molar-refractivity contribution is 9.10. The summed E-state index contributed by atoms with van der Waals surface area (Å²) < 4.78 is 24.0. The molecule has 0 bridgehead atoms. The van der Waals surface area contributed by atoms with Crippen molar-refractivity contribution in [3.8, 4) is 5.88 Å². The standard InChI is InChI=1S/C19H27BrN2O4/c20-14-1-2-18(22-11-14)26-16-7-15(8-16)24-5-3-23-4-6-25-17-9-19(10-17)12-21-13-19/h1-2,11,15-17,21H,3-10,12-13H2. The normalized spacial score (nSPS) is 26.8. The van der Waals surface area contributed by atoms with Gasteiger partial charge in [-0.2, -0.15) is 0 Å². The van der Waals surface area contributed by atoms with Gasteiger partial charge >= 0.3 is 0 Å². The summed E-state index contributed by atoms with van der Waals surface area (Å²) >= 11 is 3.37. The Balaban J connectivity index is 0.958. The van der Waals surface area contributed by atoms with Gasteiger partial charge in [0.15, 0.2) is 0 Å². The number of ether oxygens (including phenoxy) is 4. The Kier molecular flexibility index (Phi) is 6.10. The molecule has 1 aliphatic heterocycles. The maximum absolute atomic E-state index is 5.83. The molecular weight excluding hydrogens is 400 g/mol. The van der Waals surface area contributed by atoms with Gasteiger partial charge in [-0.05, 0) is 34.8 Å². The van der Waals surface area contributed by atoms with Gasteiger partial charge in [0.1, 0.15) is 6.10 Å². The van der Waals surface area contributed by atoms with Gasteiger partial charge in [-0.3, -0.25) is 0 Å². The maximum Gasteiger partial charge on any atom is 0.213 e. The Bertz CT molecular complexity index is 567. The van der Waals surface area contributed by atoms with Crippen LogP contribution in [0.5, 0.6) is 5.88 Å². The first-order chi connectivity index (χ1) is 12.7. The van der Waals surface area contributed by atoms with Gasteiger partial charge in [-0.25, -0.2) is 4.98 Å². The van der Waals surface area contributed by atoms with Crippen LogP contribution in [-0.4, -0.2) is 62.8 Å². The van der Waals surface area contributed by atoms with Gasteiger partial charge in [0, 0.05) is 48.1 Å². The first kappa shape index (κ1) is 18.6. The fourth-order valence-electron chi connectivity index (χ4n) is 3.79. The lowest BCUT2D eigenvalue weighted by molar-refractivity contribution is -0.117. The molecule has 0 radical (unpaired) electrons. The summed E-state index contributed by atoms with van der Waals surface area (Å²) in [6.07, 6.45) is 6.93. The number of pyridine rings is 1. The van der Waals surface area contributed by atoms with Crippen LogP contribution in [-0.2, 0) is 14.2 Å². The van der Waals surface area contributed by atoms with Gasteiger partial charge in [0.2, 0.25) is 5.88 Å². The molecule has 2 heterocycles. The topological polar surface area (TPSA) is 61.8 Å². The van der Waals surface area contributed by atoms with E-state index in [0.29, 0.717) is 43.8 Å². The molecule has 144 valence electrons. The Morgan fingerprint density at radius 2 is 1.73 bits per heavy atom. The molecule has 1 saturated heterocycles. The first-order valence-corrected chi connectivity index (χ1v) is 10.3. The Morgan fingerprint density at radius 1 is 1.00 bits per heavy atom. The molecule has 26 heavy (non-hydrogen) atoms. The maximum atomic E-state index is 5.83. The summed E-state index contributed by atoms with van der Waals surface area (Å²) in [6, 6.07) is 3.81. The van der Waals surface area contributed by atoms with Gasteiger partial charge in [0.05, 0.1) is 38.6 Å². The summed E-state index contributed by atoms with van der Waals surface area (Å²) in [5, 5.41) is 3.34. The fraction of sp³-hybridized carbons (Fsp3) is 0.737. The van der Waals surface area contributed by atoms with Crippen molar-refractivity contribution in [1.82, 2.24) is 10.3 Å². The van der Waals surface area contributed by atoms with Crippen LogP contribution < -0.4 is 10.1 Å². The van der Waals surface area contributed by atoms with E-state index in [2.05, 4.69) is 26.2 Å². The second-order valence-corrected chi connectivity index (χ2v) is 8.55. The van der Waals surface area contributed by atoms with Crippen molar-refractivity contribution in [3.63, 3.8) is 0 Å². The zero-order chi connectivity index (χ0) is 17.8. The molecule has 3 fully saturated rings. The van der Waals surface area contributed by atoms with E-state index in [1.54, 1.807) is 6.20 Å². The molecule has 1 N–H and O–H groups in total. The van der Waals surface area contributed by atoms with Crippen LogP contribution >= 0.6 is 15.9 Å². The summed E-state index contributed by atoms with van der Waals surface area (Å²) in [7, 11) is 0. The smallest absolute Gasteiger partial charge is 0.213 e. The van der Waals surface area contributed by atoms with Crippen LogP contribution in [0, 0.1) is 5.41 Å².